The second-order valence-electron chi connectivity index (χ2n) is 12.6. The number of aliphatic carboxylic acids is 1. The molecule has 2 amide bonds. The summed E-state index contributed by atoms with van der Waals surface area (Å²) in [6.07, 6.45) is 41.2. The number of esters is 1. The van der Waals surface area contributed by atoms with Gasteiger partial charge in [-0.15, -0.1) is 0 Å². The van der Waals surface area contributed by atoms with Crippen LogP contribution in [0.25, 0.3) is 0 Å². The number of carbonyl (C=O) groups is 4. The number of carboxylic acids is 1. The number of rotatable bonds is 33. The van der Waals surface area contributed by atoms with Crippen molar-refractivity contribution in [2.45, 2.75) is 161 Å². The molecular formula is C41H68N2O7. The van der Waals surface area contributed by atoms with Crippen LogP contribution in [0.1, 0.15) is 149 Å². The van der Waals surface area contributed by atoms with Crippen LogP contribution in [0.5, 0.6) is 0 Å². The molecule has 0 radical (unpaired) electrons. The van der Waals surface area contributed by atoms with E-state index in [1.165, 1.54) is 32.1 Å². The predicted octanol–water partition coefficient (Wildman–Crippen LogP) is 8.59. The van der Waals surface area contributed by atoms with Crippen LogP contribution < -0.4 is 10.6 Å². The van der Waals surface area contributed by atoms with E-state index in [1.807, 2.05) is 6.08 Å². The number of carbonyl (C=O) groups excluding carboxylic acids is 3. The standard InChI is InChI=1S/C41H68N2O7/c1-3-5-7-9-11-13-14-15-16-17-18-19-21-23-29-33-40(47)50-36(30-26-22-20-12-10-8-6-4-2)31-27-24-25-28-32-38(45)42-34-39(46)43-37(35-44)41(48)49/h5,7,11-13,15-16,20,26,30,36-37,44H,3-4,6,8-10,14,17-19,21-25,27-29,31-35H2,1-2H3,(H,42,45)(H,43,46)(H,48,49)/b7-5-,13-11-,16-15-,20-12-,30-26-. The van der Waals surface area contributed by atoms with Gasteiger partial charge in [0.2, 0.25) is 11.8 Å². The summed E-state index contributed by atoms with van der Waals surface area (Å²) in [6, 6.07) is -1.39. The number of aliphatic hydroxyl groups excluding tert-OH is 1. The Bertz CT molecular complexity index is 1030. The Morgan fingerprint density at radius 3 is 1.84 bits per heavy atom. The van der Waals surface area contributed by atoms with Gasteiger partial charge in [-0.2, -0.15) is 0 Å². The Kier molecular flexibility index (Phi) is 32.9. The molecule has 0 heterocycles. The highest BCUT2D eigenvalue weighted by Gasteiger charge is 2.18. The van der Waals surface area contributed by atoms with Gasteiger partial charge in [0.25, 0.3) is 0 Å². The van der Waals surface area contributed by atoms with E-state index in [0.29, 0.717) is 12.8 Å². The Morgan fingerprint density at radius 1 is 0.640 bits per heavy atom. The van der Waals surface area contributed by atoms with E-state index in [2.05, 4.69) is 79.2 Å². The van der Waals surface area contributed by atoms with Crippen LogP contribution in [0.4, 0.5) is 0 Å². The van der Waals surface area contributed by atoms with Crippen LogP contribution in [0.2, 0.25) is 0 Å². The maximum Gasteiger partial charge on any atom is 0.328 e. The van der Waals surface area contributed by atoms with E-state index in [1.54, 1.807) is 0 Å². The first-order chi connectivity index (χ1) is 24.3. The van der Waals surface area contributed by atoms with E-state index >= 15 is 0 Å². The number of hydrogen-bond acceptors (Lipinski definition) is 6. The number of unbranched alkanes of at least 4 members (excludes halogenated alkanes) is 11. The molecule has 0 aliphatic heterocycles. The molecule has 0 saturated carbocycles. The van der Waals surface area contributed by atoms with Gasteiger partial charge in [0.15, 0.2) is 0 Å². The number of aliphatic hydroxyl groups is 1. The summed E-state index contributed by atoms with van der Waals surface area (Å²) in [4.78, 5) is 47.4. The van der Waals surface area contributed by atoms with E-state index < -0.39 is 24.5 Å². The Morgan fingerprint density at radius 2 is 1.20 bits per heavy atom. The molecule has 50 heavy (non-hydrogen) atoms. The topological polar surface area (TPSA) is 142 Å². The van der Waals surface area contributed by atoms with Gasteiger partial charge in [0.05, 0.1) is 13.2 Å². The van der Waals surface area contributed by atoms with Gasteiger partial charge >= 0.3 is 11.9 Å². The lowest BCUT2D eigenvalue weighted by molar-refractivity contribution is -0.147. The van der Waals surface area contributed by atoms with Crippen molar-refractivity contribution < 1.29 is 34.1 Å². The number of ether oxygens (including phenoxy) is 1. The van der Waals surface area contributed by atoms with Crippen LogP contribution in [-0.4, -0.2) is 59.3 Å². The second kappa shape index (κ2) is 35.4. The van der Waals surface area contributed by atoms with Gasteiger partial charge in [-0.05, 0) is 83.1 Å². The molecule has 0 aromatic rings. The van der Waals surface area contributed by atoms with Gasteiger partial charge < -0.3 is 25.6 Å². The molecule has 2 unspecified atom stereocenters. The number of allylic oxidation sites excluding steroid dienone is 9. The van der Waals surface area contributed by atoms with Crippen molar-refractivity contribution >= 4 is 23.8 Å². The number of carboxylic acid groups (broad SMARTS) is 1. The molecule has 284 valence electrons. The first kappa shape index (κ1) is 46.5. The fourth-order valence-electron chi connectivity index (χ4n) is 5.03. The van der Waals surface area contributed by atoms with E-state index in [4.69, 9.17) is 14.9 Å². The average Bonchev–Trinajstić information content (AvgIpc) is 3.10. The molecular weight excluding hydrogens is 632 g/mol. The maximum absolute atomic E-state index is 12.6. The minimum absolute atomic E-state index is 0.148. The fraction of sp³-hybridized carbons (Fsp3) is 0.659. The van der Waals surface area contributed by atoms with Crippen molar-refractivity contribution in [2.24, 2.45) is 0 Å². The fourth-order valence-corrected chi connectivity index (χ4v) is 5.03. The summed E-state index contributed by atoms with van der Waals surface area (Å²) in [5.41, 5.74) is 0. The van der Waals surface area contributed by atoms with Gasteiger partial charge in [0.1, 0.15) is 12.1 Å². The number of amides is 2. The SMILES string of the molecule is CC/C=C\C/C=C\C/C=C\CCCCCCCC(=O)OC(/C=C\C/C=C\CCCCC)CCCCCCC(=O)NCC(=O)NC(CO)C(=O)O. The molecule has 0 aromatic carbocycles. The highest BCUT2D eigenvalue weighted by molar-refractivity contribution is 5.87. The van der Waals surface area contributed by atoms with Crippen molar-refractivity contribution in [3.05, 3.63) is 60.8 Å². The lowest BCUT2D eigenvalue weighted by atomic mass is 10.1. The lowest BCUT2D eigenvalue weighted by Crippen LogP contribution is -2.47. The number of nitrogens with one attached hydrogen (secondary N) is 2. The Hall–Kier alpha value is -3.46. The third-order valence-corrected chi connectivity index (χ3v) is 7.98. The summed E-state index contributed by atoms with van der Waals surface area (Å²) in [7, 11) is 0. The maximum atomic E-state index is 12.6. The van der Waals surface area contributed by atoms with Gasteiger partial charge in [0, 0.05) is 12.8 Å². The normalized spacial score (nSPS) is 13.2. The van der Waals surface area contributed by atoms with Gasteiger partial charge in [-0.25, -0.2) is 4.79 Å². The van der Waals surface area contributed by atoms with Crippen molar-refractivity contribution in [3.63, 3.8) is 0 Å². The summed E-state index contributed by atoms with van der Waals surface area (Å²) in [5.74, 6) is -2.45. The molecule has 0 rings (SSSR count). The van der Waals surface area contributed by atoms with Gasteiger partial charge in [-0.1, -0.05) is 113 Å². The molecule has 4 N–H and O–H groups in total. The quantitative estimate of drug-likeness (QED) is 0.0305. The molecule has 0 aromatic heterocycles. The molecule has 9 heteroatoms. The van der Waals surface area contributed by atoms with E-state index in [9.17, 15) is 19.2 Å². The summed E-state index contributed by atoms with van der Waals surface area (Å²) in [6.45, 7) is 3.27. The summed E-state index contributed by atoms with van der Waals surface area (Å²) < 4.78 is 5.86. The second-order valence-corrected chi connectivity index (χ2v) is 12.6. The first-order valence-electron chi connectivity index (χ1n) is 19.2. The van der Waals surface area contributed by atoms with Gasteiger partial charge in [-0.3, -0.25) is 14.4 Å². The number of hydrogen-bond donors (Lipinski definition) is 4. The smallest absolute Gasteiger partial charge is 0.328 e. The molecule has 0 bridgehead atoms. The molecule has 0 spiro atoms. The lowest BCUT2D eigenvalue weighted by Gasteiger charge is -2.15. The molecule has 0 fully saturated rings. The molecule has 0 saturated heterocycles. The van der Waals surface area contributed by atoms with Crippen molar-refractivity contribution in [3.8, 4) is 0 Å². The zero-order valence-corrected chi connectivity index (χ0v) is 31.1. The highest BCUT2D eigenvalue weighted by Crippen LogP contribution is 2.14. The summed E-state index contributed by atoms with van der Waals surface area (Å²) >= 11 is 0. The predicted molar refractivity (Wildman–Crippen MR) is 204 cm³/mol. The first-order valence-corrected chi connectivity index (χ1v) is 19.2. The van der Waals surface area contributed by atoms with Crippen LogP contribution in [-0.2, 0) is 23.9 Å². The largest absolute Gasteiger partial charge is 0.480 e. The zero-order valence-electron chi connectivity index (χ0n) is 31.1. The van der Waals surface area contributed by atoms with Crippen LogP contribution >= 0.6 is 0 Å². The minimum Gasteiger partial charge on any atom is -0.480 e. The van der Waals surface area contributed by atoms with Crippen LogP contribution in [0.15, 0.2) is 60.8 Å². The molecule has 9 nitrogen and oxygen atoms in total. The Balaban J connectivity index is 4.37. The highest BCUT2D eigenvalue weighted by atomic mass is 16.5. The monoisotopic (exact) mass is 701 g/mol. The minimum atomic E-state index is -1.39. The average molecular weight is 701 g/mol. The molecule has 2 atom stereocenters. The molecule has 0 aliphatic carbocycles. The van der Waals surface area contributed by atoms with Crippen LogP contribution in [0, 0.1) is 0 Å². The Labute approximate surface area is 302 Å². The van der Waals surface area contributed by atoms with E-state index in [-0.39, 0.29) is 30.9 Å². The third kappa shape index (κ3) is 31.8. The summed E-state index contributed by atoms with van der Waals surface area (Å²) in [5, 5.41) is 22.5. The third-order valence-electron chi connectivity index (χ3n) is 7.98. The molecule has 0 aliphatic rings. The van der Waals surface area contributed by atoms with Crippen molar-refractivity contribution in [1.29, 1.82) is 0 Å². The van der Waals surface area contributed by atoms with Crippen molar-refractivity contribution in [2.75, 3.05) is 13.2 Å². The zero-order chi connectivity index (χ0) is 36.9. The van der Waals surface area contributed by atoms with Crippen molar-refractivity contribution in [1.82, 2.24) is 10.6 Å². The van der Waals surface area contributed by atoms with Crippen LogP contribution in [0.3, 0.4) is 0 Å². The van der Waals surface area contributed by atoms with E-state index in [0.717, 1.165) is 83.5 Å².